The summed E-state index contributed by atoms with van der Waals surface area (Å²) in [5.74, 6) is 1.24. The van der Waals surface area contributed by atoms with Gasteiger partial charge in [0, 0.05) is 37.9 Å². The van der Waals surface area contributed by atoms with Crippen LogP contribution in [0.25, 0.3) is 5.52 Å². The van der Waals surface area contributed by atoms with E-state index in [4.69, 9.17) is 0 Å². The van der Waals surface area contributed by atoms with Crippen molar-refractivity contribution in [3.63, 3.8) is 0 Å². The van der Waals surface area contributed by atoms with Crippen molar-refractivity contribution in [2.45, 2.75) is 38.8 Å². The number of carbonyl (C=O) groups excluding carboxylic acids is 1. The highest BCUT2D eigenvalue weighted by atomic mass is 16.2. The number of fused-ring (bicyclic) bond motifs is 1. The summed E-state index contributed by atoms with van der Waals surface area (Å²) >= 11 is 0. The molecule has 2 aromatic heterocycles. The Morgan fingerprint density at radius 3 is 2.63 bits per heavy atom. The van der Waals surface area contributed by atoms with Crippen LogP contribution in [0, 0.1) is 0 Å². The van der Waals surface area contributed by atoms with Gasteiger partial charge in [0.2, 0.25) is 0 Å². The largest absolute Gasteiger partial charge is 0.356 e. The molecule has 0 saturated carbocycles. The highest BCUT2D eigenvalue weighted by molar-refractivity contribution is 5.94. The molecule has 1 aliphatic rings. The Labute approximate surface area is 161 Å². The Balaban J connectivity index is 1.62. The molecular formula is C23H27N3O. The number of benzene rings is 1. The predicted octanol–water partition coefficient (Wildman–Crippen LogP) is 4.59. The second-order valence-corrected chi connectivity index (χ2v) is 7.59. The maximum absolute atomic E-state index is 13.0. The number of piperidine rings is 1. The van der Waals surface area contributed by atoms with Crippen molar-refractivity contribution in [1.82, 2.24) is 9.30 Å². The molecule has 3 heterocycles. The van der Waals surface area contributed by atoms with Crippen LogP contribution >= 0.6 is 0 Å². The van der Waals surface area contributed by atoms with Crippen molar-refractivity contribution in [3.8, 4) is 0 Å². The number of pyridine rings is 1. The fourth-order valence-corrected chi connectivity index (χ4v) is 4.03. The van der Waals surface area contributed by atoms with E-state index in [1.807, 2.05) is 29.3 Å². The van der Waals surface area contributed by atoms with Crippen LogP contribution in [0.2, 0.25) is 0 Å². The van der Waals surface area contributed by atoms with Crippen molar-refractivity contribution in [2.24, 2.45) is 0 Å². The van der Waals surface area contributed by atoms with Gasteiger partial charge in [0.1, 0.15) is 5.82 Å². The van der Waals surface area contributed by atoms with Crippen LogP contribution in [0.15, 0.2) is 60.8 Å². The van der Waals surface area contributed by atoms with E-state index in [0.717, 1.165) is 42.8 Å². The molecule has 140 valence electrons. The van der Waals surface area contributed by atoms with Crippen molar-refractivity contribution in [2.75, 3.05) is 18.5 Å². The van der Waals surface area contributed by atoms with Crippen LogP contribution in [-0.4, -0.2) is 34.8 Å². The molecule has 4 rings (SSSR count). The number of hydrogen-bond acceptors (Lipinski definition) is 2. The van der Waals surface area contributed by atoms with Gasteiger partial charge in [0.25, 0.3) is 5.91 Å². The zero-order valence-corrected chi connectivity index (χ0v) is 16.1. The monoisotopic (exact) mass is 361 g/mol. The molecule has 0 N–H and O–H groups in total. The number of likely N-dealkylation sites (tertiary alicyclic amines) is 1. The third-order valence-corrected chi connectivity index (χ3v) is 5.59. The van der Waals surface area contributed by atoms with Gasteiger partial charge in [-0.2, -0.15) is 0 Å². The van der Waals surface area contributed by atoms with Crippen molar-refractivity contribution in [3.05, 3.63) is 71.9 Å². The highest BCUT2D eigenvalue weighted by Gasteiger charge is 2.24. The number of amides is 1. The second kappa shape index (κ2) is 7.47. The fourth-order valence-electron chi connectivity index (χ4n) is 4.03. The molecular weight excluding hydrogens is 334 g/mol. The Bertz CT molecular complexity index is 931. The lowest BCUT2D eigenvalue weighted by atomic mass is 10.0. The minimum atomic E-state index is 0.148. The molecule has 27 heavy (non-hydrogen) atoms. The molecule has 3 aromatic rings. The van der Waals surface area contributed by atoms with Gasteiger partial charge < -0.3 is 14.2 Å². The Hall–Kier alpha value is -2.75. The van der Waals surface area contributed by atoms with E-state index in [2.05, 4.69) is 59.7 Å². The fraction of sp³-hybridized carbons (Fsp3) is 0.348. The average molecular weight is 361 g/mol. The number of anilines is 1. The first-order valence-corrected chi connectivity index (χ1v) is 9.80. The van der Waals surface area contributed by atoms with Gasteiger partial charge >= 0.3 is 0 Å². The SMILES string of the molecule is C[C@H]1CCCCN1C(=O)c1ccc2ccc(N(C)Cc3ccccc3)n2c1. The first kappa shape index (κ1) is 17.7. The smallest absolute Gasteiger partial charge is 0.255 e. The van der Waals surface area contributed by atoms with Crippen LogP contribution in [0.3, 0.4) is 0 Å². The number of nitrogens with zero attached hydrogens (tertiary/aromatic N) is 3. The zero-order valence-electron chi connectivity index (χ0n) is 16.1. The second-order valence-electron chi connectivity index (χ2n) is 7.59. The van der Waals surface area contributed by atoms with Crippen LogP contribution in [-0.2, 0) is 6.54 Å². The van der Waals surface area contributed by atoms with Gasteiger partial charge in [-0.25, -0.2) is 0 Å². The van der Waals surface area contributed by atoms with E-state index in [0.29, 0.717) is 6.04 Å². The van der Waals surface area contributed by atoms with E-state index in [-0.39, 0.29) is 5.91 Å². The van der Waals surface area contributed by atoms with Gasteiger partial charge in [-0.15, -0.1) is 0 Å². The van der Waals surface area contributed by atoms with Gasteiger partial charge in [-0.1, -0.05) is 30.3 Å². The minimum Gasteiger partial charge on any atom is -0.356 e. The number of carbonyl (C=O) groups is 1. The summed E-state index contributed by atoms with van der Waals surface area (Å²) in [5, 5.41) is 0. The molecule has 0 unspecified atom stereocenters. The first-order chi connectivity index (χ1) is 13.1. The summed E-state index contributed by atoms with van der Waals surface area (Å²) in [5.41, 5.74) is 3.14. The van der Waals surface area contributed by atoms with Crippen LogP contribution in [0.1, 0.15) is 42.1 Å². The van der Waals surface area contributed by atoms with Gasteiger partial charge in [0.15, 0.2) is 0 Å². The summed E-state index contributed by atoms with van der Waals surface area (Å²) in [4.78, 5) is 17.3. The van der Waals surface area contributed by atoms with E-state index in [9.17, 15) is 4.79 Å². The lowest BCUT2D eigenvalue weighted by molar-refractivity contribution is 0.0635. The summed E-state index contributed by atoms with van der Waals surface area (Å²) in [7, 11) is 2.09. The summed E-state index contributed by atoms with van der Waals surface area (Å²) in [6.07, 6.45) is 5.42. The molecule has 1 saturated heterocycles. The maximum atomic E-state index is 13.0. The Morgan fingerprint density at radius 1 is 1.07 bits per heavy atom. The lowest BCUT2D eigenvalue weighted by Gasteiger charge is -2.33. The molecule has 1 fully saturated rings. The van der Waals surface area contributed by atoms with Crippen LogP contribution in [0.5, 0.6) is 0 Å². The molecule has 4 heteroatoms. The van der Waals surface area contributed by atoms with E-state index < -0.39 is 0 Å². The van der Waals surface area contributed by atoms with Crippen molar-refractivity contribution in [1.29, 1.82) is 0 Å². The quantitative estimate of drug-likeness (QED) is 0.680. The lowest BCUT2D eigenvalue weighted by Crippen LogP contribution is -2.42. The van der Waals surface area contributed by atoms with Gasteiger partial charge in [-0.3, -0.25) is 4.79 Å². The summed E-state index contributed by atoms with van der Waals surface area (Å²) in [6.45, 7) is 3.85. The predicted molar refractivity (Wildman–Crippen MR) is 110 cm³/mol. The molecule has 1 amide bonds. The summed E-state index contributed by atoms with van der Waals surface area (Å²) in [6, 6.07) is 19.0. The summed E-state index contributed by atoms with van der Waals surface area (Å²) < 4.78 is 2.13. The normalized spacial score (nSPS) is 17.3. The van der Waals surface area contributed by atoms with Gasteiger partial charge in [0.05, 0.1) is 5.56 Å². The topological polar surface area (TPSA) is 28.0 Å². The standard InChI is InChI=1S/C23H27N3O/c1-18-8-6-7-15-25(18)23(27)20-11-12-21-13-14-22(26(21)17-20)24(2)16-19-9-4-3-5-10-19/h3-5,9-14,17-18H,6-8,15-16H2,1-2H3/t18-/m0/s1. The zero-order chi connectivity index (χ0) is 18.8. The molecule has 0 bridgehead atoms. The Kier molecular flexibility index (Phi) is 4.88. The molecule has 1 atom stereocenters. The van der Waals surface area contributed by atoms with E-state index in [1.54, 1.807) is 0 Å². The number of aromatic nitrogens is 1. The van der Waals surface area contributed by atoms with Crippen LogP contribution < -0.4 is 4.90 Å². The highest BCUT2D eigenvalue weighted by Crippen LogP contribution is 2.23. The molecule has 4 nitrogen and oxygen atoms in total. The number of hydrogen-bond donors (Lipinski definition) is 0. The van der Waals surface area contributed by atoms with Crippen LogP contribution in [0.4, 0.5) is 5.82 Å². The third-order valence-electron chi connectivity index (χ3n) is 5.59. The molecule has 1 aliphatic heterocycles. The van der Waals surface area contributed by atoms with Gasteiger partial charge in [-0.05, 0) is 56.0 Å². The molecule has 0 spiro atoms. The Morgan fingerprint density at radius 2 is 1.85 bits per heavy atom. The first-order valence-electron chi connectivity index (χ1n) is 9.80. The third kappa shape index (κ3) is 3.57. The number of rotatable bonds is 4. The van der Waals surface area contributed by atoms with Crippen molar-refractivity contribution < 1.29 is 4.79 Å². The molecule has 1 aromatic carbocycles. The minimum absolute atomic E-state index is 0.148. The van der Waals surface area contributed by atoms with E-state index in [1.165, 1.54) is 12.0 Å². The molecule has 0 radical (unpaired) electrons. The van der Waals surface area contributed by atoms with E-state index >= 15 is 0 Å². The average Bonchev–Trinajstić information content (AvgIpc) is 3.12. The molecule has 0 aliphatic carbocycles. The maximum Gasteiger partial charge on any atom is 0.255 e. The van der Waals surface area contributed by atoms with Crippen molar-refractivity contribution >= 4 is 17.2 Å².